The van der Waals surface area contributed by atoms with Crippen LogP contribution in [0.4, 0.5) is 0 Å². The van der Waals surface area contributed by atoms with Gasteiger partial charge in [-0.05, 0) is 76.2 Å². The van der Waals surface area contributed by atoms with Crippen LogP contribution < -0.4 is 0 Å². The minimum atomic E-state index is -0.710. The van der Waals surface area contributed by atoms with Crippen molar-refractivity contribution in [2.75, 3.05) is 20.6 Å². The van der Waals surface area contributed by atoms with Crippen molar-refractivity contribution in [1.82, 2.24) is 9.88 Å². The highest BCUT2D eigenvalue weighted by Crippen LogP contribution is 2.32. The average Bonchev–Trinajstić information content (AvgIpc) is 3.23. The number of nitrogens with one attached hydrogen (secondary N) is 1. The first-order chi connectivity index (χ1) is 16.5. The molecule has 0 saturated carbocycles. The molecule has 0 radical (unpaired) electrons. The Morgan fingerprint density at radius 3 is 2.38 bits per heavy atom. The van der Waals surface area contributed by atoms with Crippen molar-refractivity contribution in [2.45, 2.75) is 89.9 Å². The number of unbranched alkanes of at least 4 members (excludes halogenated alkanes) is 7. The molecular formula is C30H46N2O2. The third-order valence-corrected chi connectivity index (χ3v) is 6.52. The topological polar surface area (TPSA) is 56.3 Å². The van der Waals surface area contributed by atoms with Crippen LogP contribution in [-0.2, 0) is 11.2 Å². The highest BCUT2D eigenvalue weighted by Gasteiger charge is 2.23. The van der Waals surface area contributed by atoms with Crippen LogP contribution in [0.15, 0.2) is 48.7 Å². The van der Waals surface area contributed by atoms with E-state index in [4.69, 9.17) is 0 Å². The zero-order chi connectivity index (χ0) is 24.6. The molecule has 0 spiro atoms. The Bertz CT molecular complexity index is 894. The second-order valence-corrected chi connectivity index (χ2v) is 9.69. The Balaban J connectivity index is 1.77. The monoisotopic (exact) mass is 466 g/mol. The smallest absolute Gasteiger partial charge is 0.310 e. The molecule has 4 heteroatoms. The molecule has 1 unspecified atom stereocenters. The lowest BCUT2D eigenvalue weighted by Gasteiger charge is -2.16. The number of aromatic amines is 1. The minimum Gasteiger partial charge on any atom is -0.481 e. The molecule has 0 saturated heterocycles. The Kier molecular flexibility index (Phi) is 13.4. The van der Waals surface area contributed by atoms with E-state index in [-0.39, 0.29) is 0 Å². The van der Waals surface area contributed by atoms with Gasteiger partial charge in [0.1, 0.15) is 0 Å². The zero-order valence-electron chi connectivity index (χ0n) is 21.7. The predicted molar refractivity (Wildman–Crippen MR) is 146 cm³/mol. The van der Waals surface area contributed by atoms with Gasteiger partial charge in [0.25, 0.3) is 0 Å². The second-order valence-electron chi connectivity index (χ2n) is 9.69. The largest absolute Gasteiger partial charge is 0.481 e. The number of rotatable bonds is 18. The van der Waals surface area contributed by atoms with E-state index in [1.165, 1.54) is 37.7 Å². The van der Waals surface area contributed by atoms with E-state index in [1.807, 2.05) is 24.4 Å². The predicted octanol–water partition coefficient (Wildman–Crippen LogP) is 7.86. The van der Waals surface area contributed by atoms with E-state index >= 15 is 0 Å². The summed E-state index contributed by atoms with van der Waals surface area (Å²) in [7, 11) is 4.14. The van der Waals surface area contributed by atoms with Gasteiger partial charge in [0.2, 0.25) is 0 Å². The van der Waals surface area contributed by atoms with Gasteiger partial charge in [-0.2, -0.15) is 0 Å². The van der Waals surface area contributed by atoms with Gasteiger partial charge in [0, 0.05) is 23.6 Å². The normalized spacial score (nSPS) is 13.1. The van der Waals surface area contributed by atoms with Gasteiger partial charge in [-0.25, -0.2) is 0 Å². The molecule has 0 bridgehead atoms. The number of hydrogen-bond donors (Lipinski definition) is 2. The van der Waals surface area contributed by atoms with Crippen molar-refractivity contribution in [3.63, 3.8) is 0 Å². The number of hydrogen-bond acceptors (Lipinski definition) is 2. The lowest BCUT2D eigenvalue weighted by Crippen LogP contribution is -2.15. The number of carbonyl (C=O) groups is 1. The summed E-state index contributed by atoms with van der Waals surface area (Å²) in [6.07, 6.45) is 24.4. The van der Waals surface area contributed by atoms with E-state index in [9.17, 15) is 9.90 Å². The molecule has 2 aromatic rings. The van der Waals surface area contributed by atoms with Crippen LogP contribution >= 0.6 is 0 Å². The van der Waals surface area contributed by atoms with Gasteiger partial charge < -0.3 is 15.0 Å². The van der Waals surface area contributed by atoms with Crippen molar-refractivity contribution in [3.05, 3.63) is 59.8 Å². The summed E-state index contributed by atoms with van der Waals surface area (Å²) in [6.45, 7) is 3.19. The van der Waals surface area contributed by atoms with Gasteiger partial charge in [0.15, 0.2) is 0 Å². The third kappa shape index (κ3) is 9.89. The maximum Gasteiger partial charge on any atom is 0.310 e. The number of likely N-dealkylation sites (N-methyl/N-ethyl adjacent to an activating group) is 1. The van der Waals surface area contributed by atoms with E-state index in [2.05, 4.69) is 55.2 Å². The molecule has 0 amide bonds. The van der Waals surface area contributed by atoms with E-state index in [0.29, 0.717) is 6.42 Å². The van der Waals surface area contributed by atoms with Crippen LogP contribution in [0.5, 0.6) is 0 Å². The molecule has 1 aromatic carbocycles. The molecule has 0 aliphatic heterocycles. The van der Waals surface area contributed by atoms with Crippen LogP contribution in [0.25, 0.3) is 10.9 Å². The Hall–Kier alpha value is -2.33. The summed E-state index contributed by atoms with van der Waals surface area (Å²) in [4.78, 5) is 17.7. The van der Waals surface area contributed by atoms with Crippen molar-refractivity contribution >= 4 is 16.9 Å². The highest BCUT2D eigenvalue weighted by molar-refractivity contribution is 5.91. The molecule has 2 rings (SSSR count). The lowest BCUT2D eigenvalue weighted by molar-refractivity contribution is -0.139. The van der Waals surface area contributed by atoms with Crippen LogP contribution in [0.3, 0.4) is 0 Å². The number of H-pyrrole nitrogens is 1. The number of nitrogens with zero attached hydrogens (tertiary/aromatic N) is 1. The fourth-order valence-corrected chi connectivity index (χ4v) is 4.51. The Morgan fingerprint density at radius 2 is 1.71 bits per heavy atom. The third-order valence-electron chi connectivity index (χ3n) is 6.52. The number of benzene rings is 1. The molecule has 1 atom stereocenters. The van der Waals surface area contributed by atoms with Crippen LogP contribution in [0, 0.1) is 0 Å². The molecule has 1 aromatic heterocycles. The van der Waals surface area contributed by atoms with Crippen LogP contribution in [-0.4, -0.2) is 41.6 Å². The molecule has 1 heterocycles. The number of carboxylic acids is 1. The maximum atomic E-state index is 12.2. The Morgan fingerprint density at radius 1 is 1.00 bits per heavy atom. The first-order valence-electron chi connectivity index (χ1n) is 13.3. The summed E-state index contributed by atoms with van der Waals surface area (Å²) >= 11 is 0. The molecule has 0 aliphatic carbocycles. The fourth-order valence-electron chi connectivity index (χ4n) is 4.51. The summed E-state index contributed by atoms with van der Waals surface area (Å²) < 4.78 is 0. The molecule has 188 valence electrons. The second kappa shape index (κ2) is 16.3. The van der Waals surface area contributed by atoms with E-state index in [0.717, 1.165) is 61.5 Å². The molecular weight excluding hydrogens is 420 g/mol. The van der Waals surface area contributed by atoms with Gasteiger partial charge >= 0.3 is 5.97 Å². The number of carboxylic acid groups (broad SMARTS) is 1. The van der Waals surface area contributed by atoms with E-state index in [1.54, 1.807) is 0 Å². The average molecular weight is 467 g/mol. The summed E-state index contributed by atoms with van der Waals surface area (Å²) in [5, 5.41) is 11.1. The van der Waals surface area contributed by atoms with Crippen LogP contribution in [0.2, 0.25) is 0 Å². The highest BCUT2D eigenvalue weighted by atomic mass is 16.4. The van der Waals surface area contributed by atoms with Gasteiger partial charge in [-0.15, -0.1) is 0 Å². The van der Waals surface area contributed by atoms with Gasteiger partial charge in [-0.3, -0.25) is 4.79 Å². The van der Waals surface area contributed by atoms with E-state index < -0.39 is 11.9 Å². The molecule has 34 heavy (non-hydrogen) atoms. The zero-order valence-corrected chi connectivity index (χ0v) is 21.7. The summed E-state index contributed by atoms with van der Waals surface area (Å²) in [6, 6.07) is 6.04. The number of aliphatic carboxylic acids is 1. The SMILES string of the molecule is CCCCC/C=C\C/C=C\CCCCCCC(C(=O)O)c1cccc2[nH]cc(CCN(C)C)c12. The molecule has 2 N–H and O–H groups in total. The van der Waals surface area contributed by atoms with Gasteiger partial charge in [0.05, 0.1) is 5.92 Å². The maximum absolute atomic E-state index is 12.2. The summed E-state index contributed by atoms with van der Waals surface area (Å²) in [5.41, 5.74) is 3.22. The molecule has 4 nitrogen and oxygen atoms in total. The number of allylic oxidation sites excluding steroid dienone is 4. The molecule has 0 aliphatic rings. The first kappa shape index (κ1) is 27.9. The van der Waals surface area contributed by atoms with Crippen molar-refractivity contribution < 1.29 is 9.90 Å². The van der Waals surface area contributed by atoms with Gasteiger partial charge in [-0.1, -0.05) is 75.5 Å². The van der Waals surface area contributed by atoms with Crippen molar-refractivity contribution in [1.29, 1.82) is 0 Å². The number of aromatic nitrogens is 1. The fraction of sp³-hybridized carbons (Fsp3) is 0.567. The summed E-state index contributed by atoms with van der Waals surface area (Å²) in [5.74, 6) is -1.15. The van der Waals surface area contributed by atoms with Crippen molar-refractivity contribution in [2.24, 2.45) is 0 Å². The van der Waals surface area contributed by atoms with Crippen molar-refractivity contribution in [3.8, 4) is 0 Å². The molecule has 0 fully saturated rings. The minimum absolute atomic E-state index is 0.443. The lowest BCUT2D eigenvalue weighted by atomic mass is 9.89. The Labute approximate surface area is 207 Å². The number of fused-ring (bicyclic) bond motifs is 1. The van der Waals surface area contributed by atoms with Crippen LogP contribution in [0.1, 0.15) is 94.6 Å². The standard InChI is InChI=1S/C30H46N2O2/c1-4-5-6-7-8-9-10-11-12-13-14-15-16-17-19-27(30(33)34)26-20-18-21-28-29(26)25(24-31-28)22-23-32(2)3/h8-9,11-12,18,20-21,24,27,31H,4-7,10,13-17,19,22-23H2,1-3H3,(H,33,34)/b9-8-,12-11-. The first-order valence-corrected chi connectivity index (χ1v) is 13.3. The quantitative estimate of drug-likeness (QED) is 0.174.